The van der Waals surface area contributed by atoms with Crippen LogP contribution in [0.15, 0.2) is 218 Å². The molecule has 4 heterocycles. The summed E-state index contributed by atoms with van der Waals surface area (Å²) in [5, 5.41) is 26.6. The fourth-order valence-electron chi connectivity index (χ4n) is 20.6. The Balaban J connectivity index is 0.000000185. The number of fused-ring (bicyclic) bond motifs is 8. The van der Waals surface area contributed by atoms with Crippen LogP contribution in [0.1, 0.15) is 174 Å². The number of hydrogen-bond donors (Lipinski definition) is 4. The van der Waals surface area contributed by atoms with Crippen LogP contribution in [-0.4, -0.2) is 131 Å². The van der Waals surface area contributed by atoms with Crippen LogP contribution in [-0.2, 0) is 52.6 Å². The van der Waals surface area contributed by atoms with E-state index in [1.807, 2.05) is 121 Å². The molecule has 10 atom stereocenters. The van der Waals surface area contributed by atoms with E-state index in [2.05, 4.69) is 134 Å². The first-order chi connectivity index (χ1) is 56.6. The first kappa shape index (κ1) is 85.1. The van der Waals surface area contributed by atoms with Crippen molar-refractivity contribution in [3.05, 3.63) is 262 Å². The third kappa shape index (κ3) is 17.5. The number of hydrogen-bond acceptors (Lipinski definition) is 14. The maximum atomic E-state index is 14.4. The summed E-state index contributed by atoms with van der Waals surface area (Å²) in [7, 11) is -14.2. The molecule has 0 unspecified atom stereocenters. The fraction of sp³-hybridized carbons (Fsp3) is 0.438. The Kier molecular flexibility index (Phi) is 25.5. The van der Waals surface area contributed by atoms with Gasteiger partial charge in [-0.05, 0) is 240 Å². The number of amides is 2. The lowest BCUT2D eigenvalue weighted by Gasteiger charge is -2.45. The Morgan fingerprint density at radius 2 is 0.847 bits per heavy atom. The third-order valence-corrected chi connectivity index (χ3v) is 41.2. The predicted molar refractivity (Wildman–Crippen MR) is 478 cm³/mol. The summed E-state index contributed by atoms with van der Waals surface area (Å²) >= 11 is 12.9. The van der Waals surface area contributed by atoms with Crippen LogP contribution in [0.3, 0.4) is 0 Å². The second-order valence-electron chi connectivity index (χ2n) is 36.4. The van der Waals surface area contributed by atoms with Gasteiger partial charge in [0, 0.05) is 71.4 Å². The van der Waals surface area contributed by atoms with Gasteiger partial charge in [0.15, 0.2) is 0 Å². The van der Waals surface area contributed by atoms with Crippen LogP contribution >= 0.6 is 23.2 Å². The lowest BCUT2D eigenvalue weighted by atomic mass is 9.68. The number of ether oxygens (including phenoxy) is 2. The van der Waals surface area contributed by atoms with E-state index in [1.165, 1.54) is 22.3 Å². The number of sulfonamides is 2. The summed E-state index contributed by atoms with van der Waals surface area (Å²) in [6.07, 6.45) is 17.7. The lowest BCUT2D eigenvalue weighted by Crippen LogP contribution is -2.66. The Bertz CT molecular complexity index is 4810. The van der Waals surface area contributed by atoms with Gasteiger partial charge in [0.2, 0.25) is 20.0 Å². The number of nitrogens with one attached hydrogen (secondary N) is 2. The van der Waals surface area contributed by atoms with Crippen molar-refractivity contribution in [2.24, 2.45) is 23.7 Å². The molecule has 4 bridgehead atoms. The molecule has 8 aromatic rings. The summed E-state index contributed by atoms with van der Waals surface area (Å²) < 4.78 is 90.0. The molecule has 16 rings (SSSR count). The second-order valence-corrected chi connectivity index (χ2v) is 49.8. The minimum atomic E-state index is -4.17. The molecule has 16 nitrogen and oxygen atoms in total. The van der Waals surface area contributed by atoms with Crippen molar-refractivity contribution < 1.29 is 55.0 Å². The lowest BCUT2D eigenvalue weighted by molar-refractivity contribution is 0.0454. The van der Waals surface area contributed by atoms with E-state index in [0.29, 0.717) is 63.7 Å². The molecule has 2 fully saturated rings. The average Bonchev–Trinajstić information content (AvgIpc) is 1.40. The van der Waals surface area contributed by atoms with Gasteiger partial charge < -0.3 is 38.3 Å². The average molecular weight is 1710 g/mol. The van der Waals surface area contributed by atoms with Gasteiger partial charge in [-0.1, -0.05) is 223 Å². The van der Waals surface area contributed by atoms with Crippen molar-refractivity contribution in [2.75, 3.05) is 62.4 Å². The molecule has 8 aliphatic rings. The van der Waals surface area contributed by atoms with Crippen molar-refractivity contribution in [1.82, 2.24) is 9.44 Å². The Labute approximate surface area is 710 Å². The normalized spacial score (nSPS) is 26.3. The smallest absolute Gasteiger partial charge is 0.264 e. The van der Waals surface area contributed by atoms with Crippen LogP contribution in [0.4, 0.5) is 11.4 Å². The second kappa shape index (κ2) is 35.3. The minimum absolute atomic E-state index is 0.0750. The van der Waals surface area contributed by atoms with Crippen LogP contribution < -0.4 is 49.5 Å². The predicted octanol–water partition coefficient (Wildman–Crippen LogP) is 15.9. The molecule has 4 N–H and O–H groups in total. The maximum Gasteiger partial charge on any atom is 0.264 e. The number of aryl methyl sites for hydroxylation is 2. The van der Waals surface area contributed by atoms with Gasteiger partial charge in [-0.3, -0.25) is 9.59 Å². The summed E-state index contributed by atoms with van der Waals surface area (Å²) in [5.74, 6) is 0.628. The van der Waals surface area contributed by atoms with Crippen molar-refractivity contribution >= 4 is 104 Å². The van der Waals surface area contributed by atoms with Gasteiger partial charge in [-0.2, -0.15) is 0 Å². The zero-order valence-corrected chi connectivity index (χ0v) is 74.0. The number of aliphatic hydroxyl groups excluding tert-OH is 2. The van der Waals surface area contributed by atoms with Crippen LogP contribution in [0.2, 0.25) is 20.1 Å². The zero-order chi connectivity index (χ0) is 82.8. The van der Waals surface area contributed by atoms with Crippen LogP contribution in [0, 0.1) is 23.7 Å². The van der Waals surface area contributed by atoms with Gasteiger partial charge in [0.1, 0.15) is 11.5 Å². The van der Waals surface area contributed by atoms with E-state index >= 15 is 0 Å². The van der Waals surface area contributed by atoms with Gasteiger partial charge in [0.05, 0.1) is 47.3 Å². The molecule has 2 saturated carbocycles. The zero-order valence-electron chi connectivity index (χ0n) is 68.8. The Morgan fingerprint density at radius 1 is 0.483 bits per heavy atom. The van der Waals surface area contributed by atoms with Gasteiger partial charge in [-0.15, -0.1) is 0 Å². The summed E-state index contributed by atoms with van der Waals surface area (Å²) in [6, 6.07) is 64.1. The molecule has 4 aliphatic carbocycles. The number of halogens is 2. The highest BCUT2D eigenvalue weighted by Gasteiger charge is 2.53. The van der Waals surface area contributed by atoms with Crippen LogP contribution in [0.5, 0.6) is 11.5 Å². The Hall–Kier alpha value is -7.87. The van der Waals surface area contributed by atoms with Gasteiger partial charge >= 0.3 is 0 Å². The fourth-order valence-corrected chi connectivity index (χ4v) is 32.9. The number of rotatable bonds is 12. The monoisotopic (exact) mass is 1700 g/mol. The molecule has 0 aromatic heterocycles. The number of aliphatic hydroxyl groups is 2. The van der Waals surface area contributed by atoms with E-state index in [0.717, 1.165) is 106 Å². The summed E-state index contributed by atoms with van der Waals surface area (Å²) in [6.45, 7) is 17.2. The molecule has 118 heavy (non-hydrogen) atoms. The van der Waals surface area contributed by atoms with Crippen molar-refractivity contribution in [3.8, 4) is 11.5 Å². The number of anilines is 2. The quantitative estimate of drug-likeness (QED) is 0.0663. The largest absolute Gasteiger partial charge is 0.490 e. The maximum absolute atomic E-state index is 14.4. The van der Waals surface area contributed by atoms with Gasteiger partial charge in [0.25, 0.3) is 28.4 Å². The highest BCUT2D eigenvalue weighted by molar-refractivity contribution is 7.91. The van der Waals surface area contributed by atoms with Crippen molar-refractivity contribution in [2.45, 2.75) is 188 Å². The SMILES string of the molecule is CC(C)(C)[Si](OCC[C@@H]1CC/C=C/[C@H](O)[C@@H]2CC[C@H]2CN2C[C@@]3(CCCc4cc(Cl)ccc43)COc3ccc(cc32)C(=O)NS1(=O)=O)(c1ccccc1)c1ccccc1.CC(C)(C)[Si](OCC[C@H]1CC/C=C/[C@H](O)[C@@H]2CC[C@H]2CN2C[C@@]3(CCCc4cc(Cl)ccc43)COc3ccc(cc32)C(=O)NS1(=O)=O)(c1ccccc1)c1ccccc1. The molecule has 2 amide bonds. The van der Waals surface area contributed by atoms with Crippen molar-refractivity contribution in [1.29, 1.82) is 0 Å². The summed E-state index contributed by atoms with van der Waals surface area (Å²) in [5.41, 5.74) is 6.43. The van der Waals surface area contributed by atoms with Crippen LogP contribution in [0.25, 0.3) is 0 Å². The van der Waals surface area contributed by atoms with E-state index in [4.69, 9.17) is 41.5 Å². The minimum Gasteiger partial charge on any atom is -0.490 e. The standard InChI is InChI=1S/2C48H57ClN2O6SSi/c2*1-47(2,3)59(39-15-6-4-7-16-39,40-17-8-5-9-18-40)57-28-26-38-14-10-11-19-44(52)41-23-20-36(41)31-51-32-48(27-12-13-34-29-37(49)22-24-42(34)48)33-56-45-25-21-35(30-43(45)51)46(53)50-58(38,54)55/h2*4-9,11,15-19,21-22,24-25,29-30,36,38,41,44,52H,10,12-14,20,23,26-28,31-33H2,1-3H3,(H,50,53)/b2*19-11+/t36-,38+,41+,44-,48-;36-,38-,41+,44-,48-/m00/s1. The highest BCUT2D eigenvalue weighted by atomic mass is 35.5. The van der Waals surface area contributed by atoms with E-state index in [-0.39, 0.29) is 94.6 Å². The van der Waals surface area contributed by atoms with Crippen molar-refractivity contribution in [3.63, 3.8) is 0 Å². The summed E-state index contributed by atoms with van der Waals surface area (Å²) in [4.78, 5) is 32.9. The first-order valence-electron chi connectivity index (χ1n) is 42.5. The number of nitrogens with zero attached hydrogens (tertiary/aromatic N) is 2. The van der Waals surface area contributed by atoms with Gasteiger partial charge in [-0.25, -0.2) is 26.3 Å². The topological polar surface area (TPSA) is 210 Å². The molecule has 22 heteroatoms. The molecule has 0 radical (unpaired) electrons. The van der Waals surface area contributed by atoms with E-state index in [9.17, 15) is 36.6 Å². The Morgan fingerprint density at radius 3 is 1.19 bits per heavy atom. The van der Waals surface area contributed by atoms with E-state index in [1.54, 1.807) is 24.3 Å². The number of carbonyl (C=O) groups excluding carboxylic acids is 2. The number of benzene rings is 8. The highest BCUT2D eigenvalue weighted by Crippen LogP contribution is 2.50. The number of carbonyl (C=O) groups is 2. The van der Waals surface area contributed by atoms with E-state index < -0.39 is 71.2 Å². The third-order valence-electron chi connectivity index (χ3n) is 27.0. The molecular weight excluding hydrogens is 1590 g/mol. The molecule has 0 saturated heterocycles. The molecule has 4 aliphatic heterocycles. The number of allylic oxidation sites excluding steroid dienone is 2. The molecule has 2 spiro atoms. The first-order valence-corrected chi connectivity index (χ1v) is 50.2. The molecular formula is C96H114Cl2N4O12S2Si2. The molecule has 8 aromatic carbocycles. The molecule has 624 valence electrons.